The van der Waals surface area contributed by atoms with Crippen LogP contribution in [-0.2, 0) is 11.3 Å². The average Bonchev–Trinajstić information content (AvgIpc) is 3.19. The number of anilines is 1. The van der Waals surface area contributed by atoms with Crippen molar-refractivity contribution in [3.05, 3.63) is 59.3 Å². The summed E-state index contributed by atoms with van der Waals surface area (Å²) in [7, 11) is 0. The summed E-state index contributed by atoms with van der Waals surface area (Å²) in [6, 6.07) is 6.45. The van der Waals surface area contributed by atoms with E-state index in [0.717, 1.165) is 36.6 Å². The first-order chi connectivity index (χ1) is 13.0. The van der Waals surface area contributed by atoms with Crippen LogP contribution in [0.5, 0.6) is 0 Å². The van der Waals surface area contributed by atoms with Gasteiger partial charge in [-0.15, -0.1) is 0 Å². The maximum Gasteiger partial charge on any atom is 0.254 e. The normalized spacial score (nSPS) is 13.5. The molecular weight excluding hydrogens is 354 g/mol. The number of benzene rings is 1. The second kappa shape index (κ2) is 8.57. The molecule has 0 spiro atoms. The molecular formula is C19H20F2N4O2. The maximum absolute atomic E-state index is 13.5. The van der Waals surface area contributed by atoms with E-state index in [1.54, 1.807) is 6.20 Å². The summed E-state index contributed by atoms with van der Waals surface area (Å²) < 4.78 is 26.4. The first-order valence-electron chi connectivity index (χ1n) is 8.73. The van der Waals surface area contributed by atoms with E-state index < -0.39 is 23.4 Å². The summed E-state index contributed by atoms with van der Waals surface area (Å²) in [6.45, 7) is 1.98. The second-order valence-corrected chi connectivity index (χ2v) is 6.30. The molecule has 1 aromatic carbocycles. The second-order valence-electron chi connectivity index (χ2n) is 6.30. The summed E-state index contributed by atoms with van der Waals surface area (Å²) >= 11 is 0. The van der Waals surface area contributed by atoms with Gasteiger partial charge < -0.3 is 15.5 Å². The number of hydrogen-bond acceptors (Lipinski definition) is 4. The number of carbonyl (C=O) groups is 2. The molecule has 1 aromatic heterocycles. The smallest absolute Gasteiger partial charge is 0.254 e. The van der Waals surface area contributed by atoms with Crippen LogP contribution in [-0.4, -0.2) is 36.4 Å². The quantitative estimate of drug-likeness (QED) is 0.811. The number of rotatable bonds is 6. The Bertz CT molecular complexity index is 821. The number of nitrogens with zero attached hydrogens (tertiary/aromatic N) is 2. The predicted octanol–water partition coefficient (Wildman–Crippen LogP) is 2.01. The van der Waals surface area contributed by atoms with Crippen LogP contribution in [0.2, 0.25) is 0 Å². The molecule has 27 heavy (non-hydrogen) atoms. The Balaban J connectivity index is 1.44. The molecule has 0 aliphatic carbocycles. The Labute approximate surface area is 155 Å². The average molecular weight is 374 g/mol. The van der Waals surface area contributed by atoms with Gasteiger partial charge in [0.05, 0.1) is 12.1 Å². The van der Waals surface area contributed by atoms with Gasteiger partial charge in [0.25, 0.3) is 5.91 Å². The molecule has 1 fully saturated rings. The third-order valence-corrected chi connectivity index (χ3v) is 4.31. The third kappa shape index (κ3) is 4.99. The molecule has 0 unspecified atom stereocenters. The number of carbonyl (C=O) groups excluding carboxylic acids is 2. The Hall–Kier alpha value is -3.03. The van der Waals surface area contributed by atoms with Gasteiger partial charge in [0.15, 0.2) is 0 Å². The summed E-state index contributed by atoms with van der Waals surface area (Å²) in [5.41, 5.74) is 0.521. The van der Waals surface area contributed by atoms with Crippen LogP contribution in [0.1, 0.15) is 28.8 Å². The number of pyridine rings is 1. The van der Waals surface area contributed by atoms with Gasteiger partial charge in [-0.3, -0.25) is 9.59 Å². The molecule has 0 saturated carbocycles. The van der Waals surface area contributed by atoms with Crippen molar-refractivity contribution in [3.63, 3.8) is 0 Å². The van der Waals surface area contributed by atoms with E-state index in [-0.39, 0.29) is 18.7 Å². The summed E-state index contributed by atoms with van der Waals surface area (Å²) in [4.78, 5) is 30.3. The monoisotopic (exact) mass is 374 g/mol. The Kier molecular flexibility index (Phi) is 5.95. The van der Waals surface area contributed by atoms with Crippen LogP contribution in [0.25, 0.3) is 0 Å². The lowest BCUT2D eigenvalue weighted by Crippen LogP contribution is -2.37. The molecule has 0 bridgehead atoms. The molecule has 3 rings (SSSR count). The summed E-state index contributed by atoms with van der Waals surface area (Å²) in [6.07, 6.45) is 4.06. The number of amides is 2. The third-order valence-electron chi connectivity index (χ3n) is 4.31. The highest BCUT2D eigenvalue weighted by molar-refractivity contribution is 5.96. The van der Waals surface area contributed by atoms with Crippen LogP contribution in [0.4, 0.5) is 14.6 Å². The zero-order valence-electron chi connectivity index (χ0n) is 14.7. The fraction of sp³-hybridized carbons (Fsp3) is 0.316. The van der Waals surface area contributed by atoms with E-state index in [4.69, 9.17) is 0 Å². The largest absolute Gasteiger partial charge is 0.357 e. The van der Waals surface area contributed by atoms with Crippen molar-refractivity contribution in [1.29, 1.82) is 0 Å². The molecule has 2 aromatic rings. The van der Waals surface area contributed by atoms with Gasteiger partial charge in [-0.2, -0.15) is 0 Å². The highest BCUT2D eigenvalue weighted by Crippen LogP contribution is 2.17. The highest BCUT2D eigenvalue weighted by Gasteiger charge is 2.14. The van der Waals surface area contributed by atoms with Crippen LogP contribution in [0.15, 0.2) is 36.5 Å². The van der Waals surface area contributed by atoms with E-state index >= 15 is 0 Å². The lowest BCUT2D eigenvalue weighted by Gasteiger charge is -2.16. The maximum atomic E-state index is 13.5. The van der Waals surface area contributed by atoms with Crippen molar-refractivity contribution >= 4 is 17.6 Å². The van der Waals surface area contributed by atoms with Crippen LogP contribution in [0.3, 0.4) is 0 Å². The van der Waals surface area contributed by atoms with Gasteiger partial charge >= 0.3 is 0 Å². The highest BCUT2D eigenvalue weighted by atomic mass is 19.1. The van der Waals surface area contributed by atoms with Gasteiger partial charge in [-0.05, 0) is 36.6 Å². The van der Waals surface area contributed by atoms with E-state index in [2.05, 4.69) is 20.5 Å². The predicted molar refractivity (Wildman–Crippen MR) is 96.2 cm³/mol. The van der Waals surface area contributed by atoms with Crippen molar-refractivity contribution in [2.75, 3.05) is 24.5 Å². The standard InChI is InChI=1S/C19H20F2N4O2/c20-14-4-5-15(16(21)9-14)19(27)24-12-18(26)23-11-13-3-6-17(22-10-13)25-7-1-2-8-25/h3-6,9-10H,1-2,7-8,11-12H2,(H,23,26)(H,24,27). The SMILES string of the molecule is O=C(CNC(=O)c1ccc(F)cc1F)NCc1ccc(N2CCCC2)nc1. The van der Waals surface area contributed by atoms with Crippen LogP contribution in [0, 0.1) is 11.6 Å². The van der Waals surface area contributed by atoms with Crippen LogP contribution < -0.4 is 15.5 Å². The summed E-state index contributed by atoms with van der Waals surface area (Å²) in [5, 5.41) is 4.96. The molecule has 1 saturated heterocycles. The minimum absolute atomic E-state index is 0.271. The summed E-state index contributed by atoms with van der Waals surface area (Å²) in [5.74, 6) is -2.02. The fourth-order valence-corrected chi connectivity index (χ4v) is 2.85. The van der Waals surface area contributed by atoms with Crippen molar-refractivity contribution < 1.29 is 18.4 Å². The topological polar surface area (TPSA) is 74.3 Å². The van der Waals surface area contributed by atoms with Gasteiger partial charge in [0.1, 0.15) is 17.5 Å². The van der Waals surface area contributed by atoms with E-state index in [1.165, 1.54) is 12.8 Å². The first-order valence-corrected chi connectivity index (χ1v) is 8.73. The molecule has 6 nitrogen and oxygen atoms in total. The number of hydrogen-bond donors (Lipinski definition) is 2. The Morgan fingerprint density at radius 3 is 2.52 bits per heavy atom. The first kappa shape index (κ1) is 18.8. The minimum atomic E-state index is -0.975. The molecule has 0 atom stereocenters. The molecule has 1 aliphatic rings. The molecule has 2 amide bonds. The molecule has 2 heterocycles. The minimum Gasteiger partial charge on any atom is -0.357 e. The van der Waals surface area contributed by atoms with E-state index in [9.17, 15) is 18.4 Å². The van der Waals surface area contributed by atoms with Crippen molar-refractivity contribution in [2.24, 2.45) is 0 Å². The Morgan fingerprint density at radius 2 is 1.85 bits per heavy atom. The molecule has 0 radical (unpaired) electrons. The number of aromatic nitrogens is 1. The molecule has 2 N–H and O–H groups in total. The van der Waals surface area contributed by atoms with E-state index in [0.29, 0.717) is 6.07 Å². The van der Waals surface area contributed by atoms with E-state index in [1.807, 2.05) is 12.1 Å². The van der Waals surface area contributed by atoms with Crippen molar-refractivity contribution in [1.82, 2.24) is 15.6 Å². The number of halogens is 2. The zero-order valence-corrected chi connectivity index (χ0v) is 14.7. The zero-order chi connectivity index (χ0) is 19.2. The lowest BCUT2D eigenvalue weighted by atomic mass is 10.2. The molecule has 1 aliphatic heterocycles. The Morgan fingerprint density at radius 1 is 1.07 bits per heavy atom. The lowest BCUT2D eigenvalue weighted by molar-refractivity contribution is -0.120. The van der Waals surface area contributed by atoms with Gasteiger partial charge in [-0.1, -0.05) is 6.07 Å². The van der Waals surface area contributed by atoms with Crippen LogP contribution >= 0.6 is 0 Å². The van der Waals surface area contributed by atoms with Gasteiger partial charge in [0.2, 0.25) is 5.91 Å². The van der Waals surface area contributed by atoms with Crippen molar-refractivity contribution in [3.8, 4) is 0 Å². The molecule has 142 valence electrons. The van der Waals surface area contributed by atoms with Crippen molar-refractivity contribution in [2.45, 2.75) is 19.4 Å². The fourth-order valence-electron chi connectivity index (χ4n) is 2.85. The number of nitrogens with one attached hydrogen (secondary N) is 2. The molecule has 8 heteroatoms. The van der Waals surface area contributed by atoms with Gasteiger partial charge in [-0.25, -0.2) is 13.8 Å². The van der Waals surface area contributed by atoms with Gasteiger partial charge in [0, 0.05) is 31.9 Å².